The first-order valence-electron chi connectivity index (χ1n) is 7.98. The van der Waals surface area contributed by atoms with Gasteiger partial charge in [0.1, 0.15) is 5.82 Å². The quantitative estimate of drug-likeness (QED) is 0.471. The van der Waals surface area contributed by atoms with Crippen molar-refractivity contribution in [2.75, 3.05) is 18.6 Å². The standard InChI is InChI=1S/C20H16FNO4/c1-22-17-8-6-14(10-15(17)11-19(22)24)18(23)12-26-20(25)9-7-13-4-2-3-5-16(13)21/h2-10H,11-12H2,1H3/b9-7+. The van der Waals surface area contributed by atoms with Crippen LogP contribution in [0.15, 0.2) is 48.5 Å². The summed E-state index contributed by atoms with van der Waals surface area (Å²) in [5.41, 5.74) is 2.17. The van der Waals surface area contributed by atoms with Crippen molar-refractivity contribution in [3.8, 4) is 0 Å². The highest BCUT2D eigenvalue weighted by Crippen LogP contribution is 2.28. The van der Waals surface area contributed by atoms with Crippen LogP contribution in [-0.2, 0) is 20.7 Å². The number of carbonyl (C=O) groups is 3. The van der Waals surface area contributed by atoms with E-state index in [9.17, 15) is 18.8 Å². The number of esters is 1. The molecule has 5 nitrogen and oxygen atoms in total. The lowest BCUT2D eigenvalue weighted by molar-refractivity contribution is -0.136. The smallest absolute Gasteiger partial charge is 0.331 e. The van der Waals surface area contributed by atoms with Gasteiger partial charge < -0.3 is 9.64 Å². The van der Waals surface area contributed by atoms with E-state index in [1.165, 1.54) is 23.1 Å². The average molecular weight is 353 g/mol. The van der Waals surface area contributed by atoms with Crippen LogP contribution in [0.25, 0.3) is 6.08 Å². The maximum Gasteiger partial charge on any atom is 0.331 e. The highest BCUT2D eigenvalue weighted by molar-refractivity contribution is 6.04. The Balaban J connectivity index is 1.59. The molecule has 0 atom stereocenters. The summed E-state index contributed by atoms with van der Waals surface area (Å²) >= 11 is 0. The fourth-order valence-corrected chi connectivity index (χ4v) is 2.68. The van der Waals surface area contributed by atoms with Crippen LogP contribution in [0.2, 0.25) is 0 Å². The van der Waals surface area contributed by atoms with Crippen molar-refractivity contribution >= 4 is 29.4 Å². The molecule has 0 unspecified atom stereocenters. The SMILES string of the molecule is CN1C(=O)Cc2cc(C(=O)COC(=O)/C=C/c3ccccc3F)ccc21. The minimum atomic E-state index is -0.738. The first kappa shape index (κ1) is 17.5. The van der Waals surface area contributed by atoms with Crippen molar-refractivity contribution in [3.05, 3.63) is 71.0 Å². The van der Waals surface area contributed by atoms with Crippen molar-refractivity contribution in [1.82, 2.24) is 0 Å². The molecule has 26 heavy (non-hydrogen) atoms. The lowest BCUT2D eigenvalue weighted by atomic mass is 10.1. The van der Waals surface area contributed by atoms with Crippen molar-refractivity contribution in [2.24, 2.45) is 0 Å². The van der Waals surface area contributed by atoms with Gasteiger partial charge in [-0.05, 0) is 35.9 Å². The second-order valence-electron chi connectivity index (χ2n) is 5.86. The molecule has 2 aromatic rings. The fourth-order valence-electron chi connectivity index (χ4n) is 2.68. The maximum atomic E-state index is 13.5. The second kappa shape index (κ2) is 7.31. The summed E-state index contributed by atoms with van der Waals surface area (Å²) in [5, 5.41) is 0. The number of likely N-dealkylation sites (N-methyl/N-ethyl adjacent to an activating group) is 1. The van der Waals surface area contributed by atoms with Gasteiger partial charge >= 0.3 is 5.97 Å². The monoisotopic (exact) mass is 353 g/mol. The number of halogens is 1. The highest BCUT2D eigenvalue weighted by atomic mass is 19.1. The summed E-state index contributed by atoms with van der Waals surface area (Å²) < 4.78 is 18.4. The third-order valence-corrected chi connectivity index (χ3v) is 4.13. The molecule has 0 aliphatic carbocycles. The fraction of sp³-hybridized carbons (Fsp3) is 0.150. The molecule has 0 spiro atoms. The van der Waals surface area contributed by atoms with E-state index in [4.69, 9.17) is 4.74 Å². The molecule has 0 aromatic heterocycles. The Hall–Kier alpha value is -3.28. The van der Waals surface area contributed by atoms with E-state index >= 15 is 0 Å². The number of amides is 1. The number of nitrogens with zero attached hydrogens (tertiary/aromatic N) is 1. The van der Waals surface area contributed by atoms with Crippen LogP contribution in [0.4, 0.5) is 10.1 Å². The van der Waals surface area contributed by atoms with Gasteiger partial charge in [-0.15, -0.1) is 0 Å². The van der Waals surface area contributed by atoms with Crippen molar-refractivity contribution in [2.45, 2.75) is 6.42 Å². The van der Waals surface area contributed by atoms with E-state index < -0.39 is 18.4 Å². The molecule has 132 valence electrons. The van der Waals surface area contributed by atoms with Crippen molar-refractivity contribution in [3.63, 3.8) is 0 Å². The number of hydrogen-bond acceptors (Lipinski definition) is 4. The van der Waals surface area contributed by atoms with Gasteiger partial charge in [-0.1, -0.05) is 18.2 Å². The van der Waals surface area contributed by atoms with Crippen LogP contribution in [0.3, 0.4) is 0 Å². The normalized spacial score (nSPS) is 13.2. The number of hydrogen-bond donors (Lipinski definition) is 0. The van der Waals surface area contributed by atoms with E-state index in [-0.39, 0.29) is 23.7 Å². The number of fused-ring (bicyclic) bond motifs is 1. The zero-order valence-electron chi connectivity index (χ0n) is 14.1. The number of anilines is 1. The third kappa shape index (κ3) is 3.69. The Morgan fingerprint density at radius 3 is 2.77 bits per heavy atom. The van der Waals surface area contributed by atoms with Crippen LogP contribution < -0.4 is 4.90 Å². The minimum Gasteiger partial charge on any atom is -0.454 e. The predicted molar refractivity (Wildman–Crippen MR) is 94.3 cm³/mol. The van der Waals surface area contributed by atoms with Gasteiger partial charge in [0.25, 0.3) is 0 Å². The summed E-state index contributed by atoms with van der Waals surface area (Å²) in [6.07, 6.45) is 2.61. The Bertz CT molecular complexity index is 920. The molecule has 1 heterocycles. The topological polar surface area (TPSA) is 63.7 Å². The molecule has 0 fully saturated rings. The summed E-state index contributed by atoms with van der Waals surface area (Å²) in [5.74, 6) is -1.60. The first-order valence-corrected chi connectivity index (χ1v) is 7.98. The van der Waals surface area contributed by atoms with Gasteiger partial charge in [-0.2, -0.15) is 0 Å². The molecule has 0 radical (unpaired) electrons. The molecule has 0 N–H and O–H groups in total. The first-order chi connectivity index (χ1) is 12.5. The van der Waals surface area contributed by atoms with Gasteiger partial charge in [0.05, 0.1) is 6.42 Å². The number of benzene rings is 2. The molecule has 6 heteroatoms. The molecular weight excluding hydrogens is 337 g/mol. The lowest BCUT2D eigenvalue weighted by Crippen LogP contribution is -2.20. The zero-order chi connectivity index (χ0) is 18.7. The van der Waals surface area contributed by atoms with Crippen molar-refractivity contribution < 1.29 is 23.5 Å². The van der Waals surface area contributed by atoms with E-state index in [0.717, 1.165) is 17.3 Å². The summed E-state index contributed by atoms with van der Waals surface area (Å²) in [6.45, 7) is -0.428. The Morgan fingerprint density at radius 1 is 1.23 bits per heavy atom. The molecule has 0 saturated heterocycles. The second-order valence-corrected chi connectivity index (χ2v) is 5.86. The van der Waals surface area contributed by atoms with Gasteiger partial charge in [0.2, 0.25) is 5.91 Å². The van der Waals surface area contributed by atoms with E-state index in [2.05, 4.69) is 0 Å². The van der Waals surface area contributed by atoms with Crippen LogP contribution in [0, 0.1) is 5.82 Å². The summed E-state index contributed by atoms with van der Waals surface area (Å²) in [6, 6.07) is 10.9. The molecule has 0 saturated carbocycles. The van der Waals surface area contributed by atoms with Gasteiger partial charge in [-0.25, -0.2) is 9.18 Å². The van der Waals surface area contributed by atoms with Gasteiger partial charge in [0, 0.05) is 29.9 Å². The molecule has 1 aliphatic rings. The largest absolute Gasteiger partial charge is 0.454 e. The molecule has 3 rings (SSSR count). The minimum absolute atomic E-state index is 0.0330. The molecular formula is C20H16FNO4. The predicted octanol–water partition coefficient (Wildman–Crippen LogP) is 2.78. The van der Waals surface area contributed by atoms with Crippen LogP contribution in [0.5, 0.6) is 0 Å². The van der Waals surface area contributed by atoms with E-state index in [1.54, 1.807) is 37.4 Å². The summed E-state index contributed by atoms with van der Waals surface area (Å²) in [7, 11) is 1.68. The number of rotatable bonds is 5. The number of carbonyl (C=O) groups excluding carboxylic acids is 3. The average Bonchev–Trinajstić information content (AvgIpc) is 2.92. The lowest BCUT2D eigenvalue weighted by Gasteiger charge is -2.10. The zero-order valence-corrected chi connectivity index (χ0v) is 14.1. The molecule has 2 aromatic carbocycles. The van der Waals surface area contributed by atoms with Crippen molar-refractivity contribution in [1.29, 1.82) is 0 Å². The Labute approximate surface area is 149 Å². The number of ether oxygens (including phenoxy) is 1. The van der Waals surface area contributed by atoms with Gasteiger partial charge in [-0.3, -0.25) is 9.59 Å². The molecule has 0 bridgehead atoms. The van der Waals surface area contributed by atoms with E-state index in [0.29, 0.717) is 5.56 Å². The highest BCUT2D eigenvalue weighted by Gasteiger charge is 2.24. The van der Waals surface area contributed by atoms with Crippen LogP contribution >= 0.6 is 0 Å². The number of ketones is 1. The third-order valence-electron chi connectivity index (χ3n) is 4.13. The summed E-state index contributed by atoms with van der Waals surface area (Å²) in [4.78, 5) is 37.1. The number of Topliss-reactive ketones (excluding diaryl/α,β-unsaturated/α-hetero) is 1. The van der Waals surface area contributed by atoms with E-state index in [1.807, 2.05) is 0 Å². The maximum absolute atomic E-state index is 13.5. The van der Waals surface area contributed by atoms with Crippen LogP contribution in [0.1, 0.15) is 21.5 Å². The Kier molecular flexibility index (Phi) is 4.93. The van der Waals surface area contributed by atoms with Crippen LogP contribution in [-0.4, -0.2) is 31.3 Å². The molecule has 1 amide bonds. The van der Waals surface area contributed by atoms with Gasteiger partial charge in [0.15, 0.2) is 12.4 Å². The molecule has 1 aliphatic heterocycles. The Morgan fingerprint density at radius 2 is 2.00 bits per heavy atom.